The quantitative estimate of drug-likeness (QED) is 0.804. The van der Waals surface area contributed by atoms with E-state index in [0.717, 1.165) is 39.1 Å². The second kappa shape index (κ2) is 4.58. The van der Waals surface area contributed by atoms with E-state index >= 15 is 0 Å². The van der Waals surface area contributed by atoms with E-state index in [1.54, 1.807) is 0 Å². The molecule has 3 fully saturated rings. The monoisotopic (exact) mass is 239 g/mol. The van der Waals surface area contributed by atoms with Crippen molar-refractivity contribution in [1.82, 2.24) is 4.90 Å². The van der Waals surface area contributed by atoms with E-state index in [-0.39, 0.29) is 6.04 Å². The molecule has 2 saturated heterocycles. The number of aliphatic carboxylic acids is 1. The van der Waals surface area contributed by atoms with Crippen molar-refractivity contribution in [1.29, 1.82) is 0 Å². The Balaban J connectivity index is 1.68. The van der Waals surface area contributed by atoms with Gasteiger partial charge >= 0.3 is 5.97 Å². The van der Waals surface area contributed by atoms with Crippen molar-refractivity contribution in [2.24, 2.45) is 17.8 Å². The number of ether oxygens (including phenoxy) is 1. The summed E-state index contributed by atoms with van der Waals surface area (Å²) in [5.74, 6) is 0.988. The molecular formula is C13H21NO3. The van der Waals surface area contributed by atoms with Crippen molar-refractivity contribution in [2.75, 3.05) is 26.3 Å². The molecule has 0 bridgehead atoms. The minimum atomic E-state index is -0.613. The minimum Gasteiger partial charge on any atom is -0.480 e. The van der Waals surface area contributed by atoms with Gasteiger partial charge in [-0.15, -0.1) is 0 Å². The van der Waals surface area contributed by atoms with Gasteiger partial charge in [-0.25, -0.2) is 0 Å². The fourth-order valence-electron chi connectivity index (χ4n) is 3.98. The maximum absolute atomic E-state index is 11.5. The molecule has 2 heterocycles. The van der Waals surface area contributed by atoms with Crippen LogP contribution in [0.25, 0.3) is 0 Å². The van der Waals surface area contributed by atoms with E-state index in [4.69, 9.17) is 4.74 Å². The number of carboxylic acids is 1. The molecule has 4 nitrogen and oxygen atoms in total. The largest absolute Gasteiger partial charge is 0.480 e. The van der Waals surface area contributed by atoms with Crippen LogP contribution >= 0.6 is 0 Å². The number of hydrogen-bond acceptors (Lipinski definition) is 3. The molecular weight excluding hydrogens is 218 g/mol. The molecule has 3 rings (SSSR count). The van der Waals surface area contributed by atoms with E-state index in [1.165, 1.54) is 12.8 Å². The number of hydrogen-bond donors (Lipinski definition) is 1. The molecule has 0 amide bonds. The number of nitrogens with zero attached hydrogens (tertiary/aromatic N) is 1. The molecule has 0 radical (unpaired) electrons. The Bertz CT molecular complexity index is 301. The van der Waals surface area contributed by atoms with Crippen LogP contribution in [0.4, 0.5) is 0 Å². The van der Waals surface area contributed by atoms with Gasteiger partial charge in [-0.05, 0) is 37.0 Å². The predicted octanol–water partition coefficient (Wildman–Crippen LogP) is 1.21. The zero-order valence-electron chi connectivity index (χ0n) is 10.2. The van der Waals surface area contributed by atoms with Crippen molar-refractivity contribution >= 4 is 5.97 Å². The zero-order chi connectivity index (χ0) is 11.8. The van der Waals surface area contributed by atoms with E-state index in [9.17, 15) is 9.90 Å². The Hall–Kier alpha value is -0.610. The van der Waals surface area contributed by atoms with Crippen LogP contribution in [0.1, 0.15) is 25.7 Å². The van der Waals surface area contributed by atoms with Crippen molar-refractivity contribution in [3.05, 3.63) is 0 Å². The highest BCUT2D eigenvalue weighted by molar-refractivity contribution is 5.74. The lowest BCUT2D eigenvalue weighted by Crippen LogP contribution is -2.42. The van der Waals surface area contributed by atoms with Crippen molar-refractivity contribution < 1.29 is 14.6 Å². The second-order valence-electron chi connectivity index (χ2n) is 5.82. The molecule has 96 valence electrons. The third kappa shape index (κ3) is 2.08. The van der Waals surface area contributed by atoms with Crippen LogP contribution < -0.4 is 0 Å². The van der Waals surface area contributed by atoms with Gasteiger partial charge in [0.1, 0.15) is 6.04 Å². The van der Waals surface area contributed by atoms with Gasteiger partial charge in [0.05, 0.1) is 6.61 Å². The van der Waals surface area contributed by atoms with E-state index in [1.807, 2.05) is 0 Å². The van der Waals surface area contributed by atoms with E-state index < -0.39 is 5.97 Å². The fraction of sp³-hybridized carbons (Fsp3) is 0.923. The summed E-state index contributed by atoms with van der Waals surface area (Å²) in [6, 6.07) is -0.219. The highest BCUT2D eigenvalue weighted by Gasteiger charge is 2.47. The maximum atomic E-state index is 11.5. The van der Waals surface area contributed by atoms with Gasteiger partial charge in [0, 0.05) is 19.7 Å². The average molecular weight is 239 g/mol. The number of carboxylic acid groups (broad SMARTS) is 1. The molecule has 17 heavy (non-hydrogen) atoms. The van der Waals surface area contributed by atoms with Gasteiger partial charge in [0.25, 0.3) is 0 Å². The van der Waals surface area contributed by atoms with Crippen LogP contribution in [-0.4, -0.2) is 48.3 Å². The van der Waals surface area contributed by atoms with Gasteiger partial charge in [0.2, 0.25) is 0 Å². The number of carbonyl (C=O) groups is 1. The van der Waals surface area contributed by atoms with Gasteiger partial charge in [-0.2, -0.15) is 0 Å². The van der Waals surface area contributed by atoms with E-state index in [2.05, 4.69) is 4.90 Å². The van der Waals surface area contributed by atoms with Crippen LogP contribution in [0.3, 0.4) is 0 Å². The normalized spacial score (nSPS) is 41.9. The molecule has 4 unspecified atom stereocenters. The van der Waals surface area contributed by atoms with Crippen molar-refractivity contribution in [3.8, 4) is 0 Å². The molecule has 0 aromatic rings. The SMILES string of the molecule is O=C(O)C1C2CCCC2CN1CC1CCOC1. The summed E-state index contributed by atoms with van der Waals surface area (Å²) in [4.78, 5) is 13.7. The Morgan fingerprint density at radius 3 is 2.94 bits per heavy atom. The standard InChI is InChI=1S/C13H21NO3/c15-13(16)12-11-3-1-2-10(11)7-14(12)6-9-4-5-17-8-9/h9-12H,1-8H2,(H,15,16). The van der Waals surface area contributed by atoms with Gasteiger partial charge in [0.15, 0.2) is 0 Å². The Labute approximate surface area is 102 Å². The lowest BCUT2D eigenvalue weighted by atomic mass is 9.94. The zero-order valence-corrected chi connectivity index (χ0v) is 10.2. The first-order valence-electron chi connectivity index (χ1n) is 6.80. The summed E-state index contributed by atoms with van der Waals surface area (Å²) in [5.41, 5.74) is 0. The van der Waals surface area contributed by atoms with Gasteiger partial charge in [-0.3, -0.25) is 9.69 Å². The topological polar surface area (TPSA) is 49.8 Å². The average Bonchev–Trinajstić information content (AvgIpc) is 2.92. The van der Waals surface area contributed by atoms with Gasteiger partial charge < -0.3 is 9.84 Å². The lowest BCUT2D eigenvalue weighted by Gasteiger charge is -2.26. The van der Waals surface area contributed by atoms with Crippen LogP contribution in [0.5, 0.6) is 0 Å². The minimum absolute atomic E-state index is 0.219. The molecule has 0 aromatic carbocycles. The van der Waals surface area contributed by atoms with E-state index in [0.29, 0.717) is 17.8 Å². The molecule has 0 aromatic heterocycles. The Morgan fingerprint density at radius 2 is 2.24 bits per heavy atom. The number of fused-ring (bicyclic) bond motifs is 1. The van der Waals surface area contributed by atoms with Crippen LogP contribution in [0.15, 0.2) is 0 Å². The molecule has 0 spiro atoms. The summed E-state index contributed by atoms with van der Waals surface area (Å²) < 4.78 is 5.38. The van der Waals surface area contributed by atoms with Crippen LogP contribution in [0, 0.1) is 17.8 Å². The molecule has 4 atom stereocenters. The summed E-state index contributed by atoms with van der Waals surface area (Å²) >= 11 is 0. The number of likely N-dealkylation sites (tertiary alicyclic amines) is 1. The molecule has 3 aliphatic rings. The molecule has 1 N–H and O–H groups in total. The van der Waals surface area contributed by atoms with Gasteiger partial charge in [-0.1, -0.05) is 6.42 Å². The first kappa shape index (κ1) is 11.5. The first-order chi connectivity index (χ1) is 8.25. The Morgan fingerprint density at radius 1 is 1.35 bits per heavy atom. The lowest BCUT2D eigenvalue weighted by molar-refractivity contribution is -0.143. The molecule has 1 aliphatic carbocycles. The summed E-state index contributed by atoms with van der Waals surface area (Å²) in [5, 5.41) is 9.43. The molecule has 1 saturated carbocycles. The maximum Gasteiger partial charge on any atom is 0.321 e. The fourth-order valence-corrected chi connectivity index (χ4v) is 3.98. The third-order valence-electron chi connectivity index (χ3n) is 4.76. The smallest absolute Gasteiger partial charge is 0.321 e. The molecule has 4 heteroatoms. The van der Waals surface area contributed by atoms with Crippen LogP contribution in [0.2, 0.25) is 0 Å². The first-order valence-corrected chi connectivity index (χ1v) is 6.80. The Kier molecular flexibility index (Phi) is 3.09. The second-order valence-corrected chi connectivity index (χ2v) is 5.82. The number of rotatable bonds is 3. The van der Waals surface area contributed by atoms with Crippen molar-refractivity contribution in [2.45, 2.75) is 31.7 Å². The summed E-state index contributed by atoms with van der Waals surface area (Å²) in [6.45, 7) is 3.59. The summed E-state index contributed by atoms with van der Waals surface area (Å²) in [7, 11) is 0. The summed E-state index contributed by atoms with van der Waals surface area (Å²) in [6.07, 6.45) is 4.66. The molecule has 2 aliphatic heterocycles. The third-order valence-corrected chi connectivity index (χ3v) is 4.76. The highest BCUT2D eigenvalue weighted by atomic mass is 16.5. The highest BCUT2D eigenvalue weighted by Crippen LogP contribution is 2.42. The van der Waals surface area contributed by atoms with Crippen LogP contribution in [-0.2, 0) is 9.53 Å². The predicted molar refractivity (Wildman–Crippen MR) is 62.8 cm³/mol. The van der Waals surface area contributed by atoms with Crippen molar-refractivity contribution in [3.63, 3.8) is 0 Å².